The molecule has 130 valence electrons. The van der Waals surface area contributed by atoms with Crippen LogP contribution in [0, 0.1) is 0 Å². The van der Waals surface area contributed by atoms with Crippen LogP contribution < -0.4 is 0 Å². The van der Waals surface area contributed by atoms with Crippen LogP contribution in [-0.2, 0) is 28.7 Å². The lowest BCUT2D eigenvalue weighted by atomic mass is 9.86. The molecule has 5 heteroatoms. The van der Waals surface area contributed by atoms with Crippen LogP contribution in [0.5, 0.6) is 0 Å². The van der Waals surface area contributed by atoms with Crippen LogP contribution >= 0.6 is 0 Å². The van der Waals surface area contributed by atoms with Crippen molar-refractivity contribution in [2.45, 2.75) is 52.4 Å². The van der Waals surface area contributed by atoms with E-state index in [4.69, 9.17) is 13.9 Å². The molecule has 3 rings (SSSR count). The summed E-state index contributed by atoms with van der Waals surface area (Å²) in [5.74, 6) is -0.479. The number of nitrogens with zero attached hydrogens (tertiary/aromatic N) is 1. The highest BCUT2D eigenvalue weighted by molar-refractivity contribution is 5.89. The molecule has 0 saturated carbocycles. The van der Waals surface area contributed by atoms with Crippen molar-refractivity contribution in [2.24, 2.45) is 0 Å². The van der Waals surface area contributed by atoms with Gasteiger partial charge in [-0.05, 0) is 56.2 Å². The monoisotopic (exact) mass is 331 g/mol. The molecular formula is C19H25NO4. The second-order valence-corrected chi connectivity index (χ2v) is 6.15. The average Bonchev–Trinajstić information content (AvgIpc) is 3.02. The van der Waals surface area contributed by atoms with Crippen LogP contribution in [0.2, 0.25) is 0 Å². The molecule has 24 heavy (non-hydrogen) atoms. The molecular weight excluding hydrogens is 306 g/mol. The molecule has 2 aromatic rings. The number of oxazole rings is 1. The predicted molar refractivity (Wildman–Crippen MR) is 91.4 cm³/mol. The third-order valence-electron chi connectivity index (χ3n) is 4.45. The Balaban J connectivity index is 1.89. The Bertz CT molecular complexity index is 720. The molecule has 0 bridgehead atoms. The lowest BCUT2D eigenvalue weighted by Gasteiger charge is -2.19. The van der Waals surface area contributed by atoms with Gasteiger partial charge in [-0.2, -0.15) is 0 Å². The quantitative estimate of drug-likeness (QED) is 0.569. The summed E-state index contributed by atoms with van der Waals surface area (Å²) in [7, 11) is 0. The first-order valence-corrected chi connectivity index (χ1v) is 8.93. The molecule has 5 nitrogen and oxygen atoms in total. The molecule has 1 aliphatic rings. The minimum Gasteiger partial charge on any atom is -0.456 e. The molecule has 1 aromatic carbocycles. The van der Waals surface area contributed by atoms with E-state index in [9.17, 15) is 4.79 Å². The first-order chi connectivity index (χ1) is 11.7. The van der Waals surface area contributed by atoms with E-state index in [0.717, 1.165) is 36.8 Å². The number of carbonyl (C=O) groups is 1. The zero-order valence-corrected chi connectivity index (χ0v) is 14.5. The molecule has 0 fully saturated rings. The third-order valence-corrected chi connectivity index (χ3v) is 4.45. The van der Waals surface area contributed by atoms with Crippen LogP contribution in [0.4, 0.5) is 0 Å². The van der Waals surface area contributed by atoms with Gasteiger partial charge in [-0.1, -0.05) is 13.3 Å². The summed E-state index contributed by atoms with van der Waals surface area (Å²) in [5.41, 5.74) is 5.53. The molecule has 1 aromatic heterocycles. The van der Waals surface area contributed by atoms with Gasteiger partial charge in [-0.15, -0.1) is 0 Å². The summed E-state index contributed by atoms with van der Waals surface area (Å²) in [6, 6.07) is 2.09. The van der Waals surface area contributed by atoms with Crippen molar-refractivity contribution in [3.05, 3.63) is 28.6 Å². The van der Waals surface area contributed by atoms with Gasteiger partial charge in [-0.25, -0.2) is 9.78 Å². The van der Waals surface area contributed by atoms with Gasteiger partial charge in [-0.3, -0.25) is 0 Å². The van der Waals surface area contributed by atoms with E-state index in [2.05, 4.69) is 18.0 Å². The summed E-state index contributed by atoms with van der Waals surface area (Å²) in [4.78, 5) is 16.5. The van der Waals surface area contributed by atoms with Crippen molar-refractivity contribution < 1.29 is 18.7 Å². The van der Waals surface area contributed by atoms with Gasteiger partial charge in [0.1, 0.15) is 12.1 Å². The summed E-state index contributed by atoms with van der Waals surface area (Å²) in [5, 5.41) is 0. The number of rotatable bonds is 7. The Labute approximate surface area is 142 Å². The molecule has 0 radical (unpaired) electrons. The Morgan fingerprint density at radius 1 is 1.25 bits per heavy atom. The van der Waals surface area contributed by atoms with Crippen molar-refractivity contribution in [2.75, 3.05) is 19.8 Å². The van der Waals surface area contributed by atoms with E-state index >= 15 is 0 Å². The highest BCUT2D eigenvalue weighted by atomic mass is 16.6. The van der Waals surface area contributed by atoms with Crippen LogP contribution in [0.1, 0.15) is 60.5 Å². The zero-order valence-electron chi connectivity index (χ0n) is 14.5. The number of aromatic nitrogens is 1. The fourth-order valence-electron chi connectivity index (χ4n) is 3.38. The Hall–Kier alpha value is -1.88. The van der Waals surface area contributed by atoms with Gasteiger partial charge in [0.15, 0.2) is 5.58 Å². The van der Waals surface area contributed by atoms with E-state index in [-0.39, 0.29) is 12.5 Å². The van der Waals surface area contributed by atoms with Crippen molar-refractivity contribution in [3.8, 4) is 0 Å². The number of aryl methyl sites for hydroxylation is 2. The molecule has 0 unspecified atom stereocenters. The maximum Gasteiger partial charge on any atom is 0.394 e. The smallest absolute Gasteiger partial charge is 0.394 e. The fourth-order valence-corrected chi connectivity index (χ4v) is 3.38. The van der Waals surface area contributed by atoms with Gasteiger partial charge in [0.05, 0.1) is 6.61 Å². The highest BCUT2D eigenvalue weighted by Gasteiger charge is 2.22. The minimum absolute atomic E-state index is 0.0428. The van der Waals surface area contributed by atoms with Crippen molar-refractivity contribution >= 4 is 17.1 Å². The second kappa shape index (κ2) is 7.79. The normalized spacial score (nSPS) is 13.9. The van der Waals surface area contributed by atoms with E-state index in [1.165, 1.54) is 29.5 Å². The number of fused-ring (bicyclic) bond motifs is 2. The molecule has 0 aliphatic heterocycles. The first-order valence-electron chi connectivity index (χ1n) is 8.93. The van der Waals surface area contributed by atoms with Crippen LogP contribution in [0.25, 0.3) is 11.1 Å². The van der Waals surface area contributed by atoms with Gasteiger partial charge in [0, 0.05) is 12.2 Å². The Kier molecular flexibility index (Phi) is 5.51. The summed E-state index contributed by atoms with van der Waals surface area (Å²) in [6.45, 7) is 5.26. The maximum absolute atomic E-state index is 12.1. The number of benzene rings is 1. The fraction of sp³-hybridized carbons (Fsp3) is 0.579. The van der Waals surface area contributed by atoms with E-state index < -0.39 is 5.97 Å². The first kappa shape index (κ1) is 17.0. The number of ether oxygens (including phenoxy) is 2. The van der Waals surface area contributed by atoms with Crippen molar-refractivity contribution in [1.82, 2.24) is 4.98 Å². The molecule has 1 aliphatic carbocycles. The van der Waals surface area contributed by atoms with E-state index in [0.29, 0.717) is 13.2 Å². The van der Waals surface area contributed by atoms with Gasteiger partial charge in [0.2, 0.25) is 0 Å². The molecule has 0 saturated heterocycles. The second-order valence-electron chi connectivity index (χ2n) is 6.15. The number of hydrogen-bond donors (Lipinski definition) is 0. The Morgan fingerprint density at radius 2 is 2.08 bits per heavy atom. The van der Waals surface area contributed by atoms with Crippen LogP contribution in [-0.4, -0.2) is 30.8 Å². The average molecular weight is 331 g/mol. The van der Waals surface area contributed by atoms with Gasteiger partial charge in [0.25, 0.3) is 0 Å². The van der Waals surface area contributed by atoms with E-state index in [1.807, 2.05) is 6.92 Å². The maximum atomic E-state index is 12.1. The minimum atomic E-state index is -0.522. The highest BCUT2D eigenvalue weighted by Crippen LogP contribution is 2.32. The number of hydrogen-bond acceptors (Lipinski definition) is 5. The summed E-state index contributed by atoms with van der Waals surface area (Å²) >= 11 is 0. The molecule has 0 spiro atoms. The topological polar surface area (TPSA) is 61.6 Å². The largest absolute Gasteiger partial charge is 0.456 e. The van der Waals surface area contributed by atoms with Crippen molar-refractivity contribution in [3.63, 3.8) is 0 Å². The van der Waals surface area contributed by atoms with E-state index in [1.54, 1.807) is 0 Å². The molecule has 0 N–H and O–H groups in total. The van der Waals surface area contributed by atoms with Crippen LogP contribution in [0.15, 0.2) is 10.5 Å². The molecule has 0 atom stereocenters. The number of esters is 1. The number of carbonyl (C=O) groups excluding carboxylic acids is 1. The van der Waals surface area contributed by atoms with Gasteiger partial charge < -0.3 is 13.9 Å². The SMILES string of the molecule is CCCc1c2c(cc3nc(C(=O)OCCOCC)oc13)CCCC2. The van der Waals surface area contributed by atoms with Crippen molar-refractivity contribution in [1.29, 1.82) is 0 Å². The lowest BCUT2D eigenvalue weighted by Crippen LogP contribution is -2.11. The predicted octanol–water partition coefficient (Wildman–Crippen LogP) is 3.85. The molecule has 0 amide bonds. The van der Waals surface area contributed by atoms with Gasteiger partial charge >= 0.3 is 11.9 Å². The summed E-state index contributed by atoms with van der Waals surface area (Å²) < 4.78 is 16.1. The third kappa shape index (κ3) is 3.46. The molecule has 1 heterocycles. The van der Waals surface area contributed by atoms with Crippen LogP contribution in [0.3, 0.4) is 0 Å². The Morgan fingerprint density at radius 3 is 2.88 bits per heavy atom. The zero-order chi connectivity index (χ0) is 16.9. The standard InChI is InChI=1S/C19H25NO4/c1-3-7-15-14-9-6-5-8-13(14)12-16-17(15)24-18(20-16)19(21)23-11-10-22-4-2/h12H,3-11H2,1-2H3. The lowest BCUT2D eigenvalue weighted by molar-refractivity contribution is 0.0299. The summed E-state index contributed by atoms with van der Waals surface area (Å²) in [6.07, 6.45) is 6.61.